The van der Waals surface area contributed by atoms with Crippen molar-refractivity contribution in [3.05, 3.63) is 51.7 Å². The highest BCUT2D eigenvalue weighted by Crippen LogP contribution is 2.36. The number of ether oxygens (including phenoxy) is 1. The van der Waals surface area contributed by atoms with Crippen LogP contribution in [0.2, 0.25) is 0 Å². The number of nitrogens with one attached hydrogen (secondary N) is 1. The maximum Gasteiger partial charge on any atom is 0.123 e. The molecule has 0 saturated carbocycles. The smallest absolute Gasteiger partial charge is 0.123 e. The van der Waals surface area contributed by atoms with E-state index in [-0.39, 0.29) is 12.1 Å². The van der Waals surface area contributed by atoms with Gasteiger partial charge in [0.1, 0.15) is 11.9 Å². The third-order valence-corrected chi connectivity index (χ3v) is 4.75. The van der Waals surface area contributed by atoms with E-state index in [0.717, 1.165) is 18.7 Å². The Bertz CT molecular complexity index is 538. The maximum absolute atomic E-state index is 6.14. The van der Waals surface area contributed by atoms with Gasteiger partial charge in [0.05, 0.1) is 6.04 Å². The molecule has 0 fully saturated rings. The van der Waals surface area contributed by atoms with Gasteiger partial charge in [0.2, 0.25) is 0 Å². The van der Waals surface area contributed by atoms with Crippen molar-refractivity contribution in [2.45, 2.75) is 32.4 Å². The van der Waals surface area contributed by atoms with Crippen LogP contribution in [-0.4, -0.2) is 12.6 Å². The predicted molar refractivity (Wildman–Crippen MR) is 80.0 cm³/mol. The first-order valence-electron chi connectivity index (χ1n) is 6.81. The first-order chi connectivity index (χ1) is 9.29. The summed E-state index contributed by atoms with van der Waals surface area (Å²) in [5.74, 6) is 1.05. The van der Waals surface area contributed by atoms with Crippen LogP contribution < -0.4 is 10.1 Å². The molecule has 0 saturated heterocycles. The van der Waals surface area contributed by atoms with Crippen LogP contribution in [0.4, 0.5) is 0 Å². The van der Waals surface area contributed by atoms with Crippen molar-refractivity contribution in [1.29, 1.82) is 0 Å². The molecule has 0 bridgehead atoms. The van der Waals surface area contributed by atoms with Gasteiger partial charge in [-0.15, -0.1) is 11.3 Å². The largest absolute Gasteiger partial charge is 0.488 e. The lowest BCUT2D eigenvalue weighted by Gasteiger charge is -2.24. The summed E-state index contributed by atoms with van der Waals surface area (Å²) in [5.41, 5.74) is 2.68. The lowest BCUT2D eigenvalue weighted by molar-refractivity contribution is 0.181. The second-order valence-corrected chi connectivity index (χ2v) is 5.92. The Morgan fingerprint density at radius 2 is 2.21 bits per heavy atom. The Hall–Kier alpha value is -1.32. The van der Waals surface area contributed by atoms with E-state index in [0.29, 0.717) is 0 Å². The van der Waals surface area contributed by atoms with Gasteiger partial charge in [-0.05, 0) is 42.1 Å². The Balaban J connectivity index is 1.86. The van der Waals surface area contributed by atoms with Crippen LogP contribution in [0.5, 0.6) is 5.75 Å². The van der Waals surface area contributed by atoms with Crippen LogP contribution in [0, 0.1) is 6.92 Å². The number of aryl methyl sites for hydroxylation is 1. The fraction of sp³-hybridized carbons (Fsp3) is 0.375. The zero-order chi connectivity index (χ0) is 13.2. The van der Waals surface area contributed by atoms with Crippen LogP contribution in [0.1, 0.15) is 29.0 Å². The molecule has 100 valence electrons. The standard InChI is InChI=1S/C16H19NOS/c1-3-17-15(16-11(2)8-9-19-16)14-10-12-6-4-5-7-13(12)18-14/h4-9,14-15,17H,3,10H2,1-2H3. The van der Waals surface area contributed by atoms with E-state index < -0.39 is 0 Å². The summed E-state index contributed by atoms with van der Waals surface area (Å²) in [6, 6.07) is 10.8. The van der Waals surface area contributed by atoms with Crippen molar-refractivity contribution in [2.75, 3.05) is 6.54 Å². The number of para-hydroxylation sites is 1. The maximum atomic E-state index is 6.14. The average Bonchev–Trinajstić information content (AvgIpc) is 3.02. The van der Waals surface area contributed by atoms with Crippen molar-refractivity contribution < 1.29 is 4.74 Å². The van der Waals surface area contributed by atoms with E-state index in [4.69, 9.17) is 4.74 Å². The van der Waals surface area contributed by atoms with Crippen LogP contribution in [-0.2, 0) is 6.42 Å². The number of rotatable bonds is 4. The molecule has 1 aliphatic heterocycles. The highest BCUT2D eigenvalue weighted by molar-refractivity contribution is 7.10. The zero-order valence-corrected chi connectivity index (χ0v) is 12.2. The summed E-state index contributed by atoms with van der Waals surface area (Å²) >= 11 is 1.82. The molecule has 0 spiro atoms. The predicted octanol–water partition coefficient (Wildman–Crippen LogP) is 3.71. The third kappa shape index (κ3) is 2.40. The van der Waals surface area contributed by atoms with Gasteiger partial charge in [0, 0.05) is 11.3 Å². The zero-order valence-electron chi connectivity index (χ0n) is 11.3. The minimum atomic E-state index is 0.203. The van der Waals surface area contributed by atoms with Crippen molar-refractivity contribution in [3.63, 3.8) is 0 Å². The van der Waals surface area contributed by atoms with Gasteiger partial charge in [-0.1, -0.05) is 25.1 Å². The fourth-order valence-electron chi connectivity index (χ4n) is 2.71. The molecular formula is C16H19NOS. The molecule has 2 aromatic rings. The summed E-state index contributed by atoms with van der Waals surface area (Å²) in [4.78, 5) is 1.40. The molecule has 0 amide bonds. The average molecular weight is 273 g/mol. The monoisotopic (exact) mass is 273 g/mol. The Labute approximate surface area is 118 Å². The number of hydrogen-bond donors (Lipinski definition) is 1. The van der Waals surface area contributed by atoms with E-state index in [1.807, 2.05) is 17.4 Å². The molecule has 0 aliphatic carbocycles. The van der Waals surface area contributed by atoms with Crippen LogP contribution in [0.15, 0.2) is 35.7 Å². The van der Waals surface area contributed by atoms with Crippen LogP contribution in [0.25, 0.3) is 0 Å². The molecule has 1 aromatic heterocycles. The lowest BCUT2D eigenvalue weighted by atomic mass is 10.0. The van der Waals surface area contributed by atoms with Gasteiger partial charge < -0.3 is 10.1 Å². The van der Waals surface area contributed by atoms with Crippen molar-refractivity contribution in [1.82, 2.24) is 5.32 Å². The summed E-state index contributed by atoms with van der Waals surface area (Å²) in [6.07, 6.45) is 1.19. The molecule has 2 atom stereocenters. The molecule has 1 aromatic carbocycles. The van der Waals surface area contributed by atoms with E-state index in [9.17, 15) is 0 Å². The Morgan fingerprint density at radius 1 is 1.37 bits per heavy atom. The Morgan fingerprint density at radius 3 is 2.89 bits per heavy atom. The van der Waals surface area contributed by atoms with Crippen LogP contribution in [0.3, 0.4) is 0 Å². The topological polar surface area (TPSA) is 21.3 Å². The molecule has 2 unspecified atom stereocenters. The van der Waals surface area contributed by atoms with Gasteiger partial charge in [0.15, 0.2) is 0 Å². The molecule has 2 nitrogen and oxygen atoms in total. The van der Waals surface area contributed by atoms with Crippen molar-refractivity contribution in [2.24, 2.45) is 0 Å². The van der Waals surface area contributed by atoms with E-state index >= 15 is 0 Å². The van der Waals surface area contributed by atoms with Gasteiger partial charge in [0.25, 0.3) is 0 Å². The molecule has 0 radical (unpaired) electrons. The van der Waals surface area contributed by atoms with Gasteiger partial charge in [-0.2, -0.15) is 0 Å². The number of likely N-dealkylation sites (N-methyl/N-ethyl adjacent to an activating group) is 1. The molecule has 1 aliphatic rings. The SMILES string of the molecule is CCNC(c1sccc1C)C1Cc2ccccc2O1. The third-order valence-electron chi connectivity index (χ3n) is 3.65. The summed E-state index contributed by atoms with van der Waals surface area (Å²) in [6.45, 7) is 5.29. The number of fused-ring (bicyclic) bond motifs is 1. The first-order valence-corrected chi connectivity index (χ1v) is 7.69. The highest BCUT2D eigenvalue weighted by Gasteiger charge is 2.32. The summed E-state index contributed by atoms with van der Waals surface area (Å²) in [5, 5.41) is 5.75. The molecular weight excluding hydrogens is 254 g/mol. The van der Waals surface area contributed by atoms with Crippen molar-refractivity contribution in [3.8, 4) is 5.75 Å². The number of hydrogen-bond acceptors (Lipinski definition) is 3. The second kappa shape index (κ2) is 5.35. The molecule has 3 heteroatoms. The van der Waals surface area contributed by atoms with Crippen LogP contribution >= 0.6 is 11.3 Å². The van der Waals surface area contributed by atoms with E-state index in [2.05, 4.69) is 48.8 Å². The van der Waals surface area contributed by atoms with Gasteiger partial charge in [-0.25, -0.2) is 0 Å². The first kappa shape index (κ1) is 12.7. The lowest BCUT2D eigenvalue weighted by Crippen LogP contribution is -2.34. The van der Waals surface area contributed by atoms with E-state index in [1.165, 1.54) is 16.0 Å². The van der Waals surface area contributed by atoms with Crippen molar-refractivity contribution >= 4 is 11.3 Å². The van der Waals surface area contributed by atoms with E-state index in [1.54, 1.807) is 0 Å². The number of thiophene rings is 1. The quantitative estimate of drug-likeness (QED) is 0.917. The van der Waals surface area contributed by atoms with Gasteiger partial charge in [-0.3, -0.25) is 0 Å². The summed E-state index contributed by atoms with van der Waals surface area (Å²) < 4.78 is 6.14. The molecule has 1 N–H and O–H groups in total. The number of benzene rings is 1. The second-order valence-electron chi connectivity index (χ2n) is 4.97. The highest BCUT2D eigenvalue weighted by atomic mass is 32.1. The Kier molecular flexibility index (Phi) is 3.58. The minimum Gasteiger partial charge on any atom is -0.488 e. The normalized spacial score (nSPS) is 18.9. The molecule has 2 heterocycles. The minimum absolute atomic E-state index is 0.203. The summed E-state index contributed by atoms with van der Waals surface area (Å²) in [7, 11) is 0. The molecule has 19 heavy (non-hydrogen) atoms. The molecule has 3 rings (SSSR count). The van der Waals surface area contributed by atoms with Gasteiger partial charge >= 0.3 is 0 Å². The fourth-order valence-corrected chi connectivity index (χ4v) is 3.77.